The van der Waals surface area contributed by atoms with Gasteiger partial charge in [-0.1, -0.05) is 38.0 Å². The van der Waals surface area contributed by atoms with E-state index in [9.17, 15) is 9.18 Å². The topological polar surface area (TPSA) is 41.1 Å². The minimum Gasteiger partial charge on any atom is -0.338 e. The van der Waals surface area contributed by atoms with Gasteiger partial charge in [-0.15, -0.1) is 0 Å². The van der Waals surface area contributed by atoms with Gasteiger partial charge in [0.05, 0.1) is 5.54 Å². The molecule has 3 nitrogen and oxygen atoms in total. The number of carbonyl (C=O) groups excluding carboxylic acids is 1. The molecule has 0 unspecified atom stereocenters. The average molecular weight is 264 g/mol. The van der Waals surface area contributed by atoms with Crippen LogP contribution in [0.4, 0.5) is 9.18 Å². The molecule has 4 heteroatoms. The fourth-order valence-corrected chi connectivity index (χ4v) is 2.27. The summed E-state index contributed by atoms with van der Waals surface area (Å²) < 4.78 is 13.8. The molecular weight excluding hydrogens is 243 g/mol. The first kappa shape index (κ1) is 13.8. The largest absolute Gasteiger partial charge is 0.338 e. The van der Waals surface area contributed by atoms with Crippen molar-refractivity contribution in [3.05, 3.63) is 35.6 Å². The average Bonchev–Trinajstić information content (AvgIpc) is 3.16. The summed E-state index contributed by atoms with van der Waals surface area (Å²) in [6, 6.07) is 6.46. The Hall–Kier alpha value is -1.58. The second kappa shape index (κ2) is 6.04. The number of urea groups is 1. The molecule has 1 aromatic rings. The lowest BCUT2D eigenvalue weighted by molar-refractivity contribution is 0.235. The fourth-order valence-electron chi connectivity index (χ4n) is 2.27. The van der Waals surface area contributed by atoms with Crippen LogP contribution in [0, 0.1) is 5.82 Å². The third kappa shape index (κ3) is 3.46. The van der Waals surface area contributed by atoms with Gasteiger partial charge in [0.1, 0.15) is 5.82 Å². The van der Waals surface area contributed by atoms with E-state index in [1.807, 2.05) is 0 Å². The molecular formula is C15H21FN2O. The number of hydrogen-bond acceptors (Lipinski definition) is 1. The maximum atomic E-state index is 13.8. The molecule has 19 heavy (non-hydrogen) atoms. The van der Waals surface area contributed by atoms with Gasteiger partial charge < -0.3 is 10.6 Å². The number of amides is 2. The number of carbonyl (C=O) groups is 1. The molecule has 0 aromatic heterocycles. The zero-order chi connectivity index (χ0) is 13.7. The van der Waals surface area contributed by atoms with Gasteiger partial charge in [-0.25, -0.2) is 9.18 Å². The molecule has 2 amide bonds. The van der Waals surface area contributed by atoms with Crippen molar-refractivity contribution in [3.8, 4) is 0 Å². The summed E-state index contributed by atoms with van der Waals surface area (Å²) in [5, 5.41) is 5.74. The van der Waals surface area contributed by atoms with E-state index >= 15 is 0 Å². The predicted octanol–water partition coefficient (Wildman–Crippen LogP) is 3.30. The molecule has 0 saturated heterocycles. The van der Waals surface area contributed by atoms with Crippen LogP contribution in [0.1, 0.15) is 44.6 Å². The normalized spacial score (nSPS) is 15.9. The maximum Gasteiger partial charge on any atom is 0.315 e. The molecule has 1 fully saturated rings. The van der Waals surface area contributed by atoms with E-state index in [1.54, 1.807) is 18.2 Å². The summed E-state index contributed by atoms with van der Waals surface area (Å²) in [6.07, 6.45) is 4.82. The summed E-state index contributed by atoms with van der Waals surface area (Å²) in [5.74, 6) is -0.244. The molecule has 0 atom stereocenters. The van der Waals surface area contributed by atoms with Gasteiger partial charge in [-0.2, -0.15) is 0 Å². The molecule has 0 aliphatic heterocycles. The maximum absolute atomic E-state index is 13.8. The van der Waals surface area contributed by atoms with Crippen LogP contribution in [-0.2, 0) is 5.54 Å². The summed E-state index contributed by atoms with van der Waals surface area (Å²) in [7, 11) is 0. The second-order valence-corrected chi connectivity index (χ2v) is 5.15. The molecule has 0 radical (unpaired) electrons. The summed E-state index contributed by atoms with van der Waals surface area (Å²) in [6.45, 7) is 2.80. The Kier molecular flexibility index (Phi) is 4.40. The van der Waals surface area contributed by atoms with Crippen molar-refractivity contribution in [1.29, 1.82) is 0 Å². The quantitative estimate of drug-likeness (QED) is 0.760. The Morgan fingerprint density at radius 2 is 2.05 bits per heavy atom. The van der Waals surface area contributed by atoms with E-state index in [2.05, 4.69) is 17.6 Å². The van der Waals surface area contributed by atoms with E-state index in [-0.39, 0.29) is 11.8 Å². The second-order valence-electron chi connectivity index (χ2n) is 5.15. The lowest BCUT2D eigenvalue weighted by atomic mass is 10.0. The summed E-state index contributed by atoms with van der Waals surface area (Å²) in [5.41, 5.74) is 0.110. The van der Waals surface area contributed by atoms with E-state index in [1.165, 1.54) is 6.07 Å². The Balaban J connectivity index is 1.88. The van der Waals surface area contributed by atoms with Crippen molar-refractivity contribution in [2.24, 2.45) is 0 Å². The lowest BCUT2D eigenvalue weighted by Gasteiger charge is -2.19. The van der Waals surface area contributed by atoms with Crippen LogP contribution in [0.2, 0.25) is 0 Å². The first-order chi connectivity index (χ1) is 9.18. The van der Waals surface area contributed by atoms with E-state index in [0.29, 0.717) is 12.1 Å². The minimum absolute atomic E-state index is 0.197. The van der Waals surface area contributed by atoms with Crippen LogP contribution >= 0.6 is 0 Å². The Bertz CT molecular complexity index is 444. The summed E-state index contributed by atoms with van der Waals surface area (Å²) in [4.78, 5) is 11.8. The zero-order valence-electron chi connectivity index (χ0n) is 11.3. The van der Waals surface area contributed by atoms with Crippen molar-refractivity contribution >= 4 is 6.03 Å². The zero-order valence-corrected chi connectivity index (χ0v) is 11.3. The third-order valence-corrected chi connectivity index (χ3v) is 3.56. The Morgan fingerprint density at radius 1 is 1.32 bits per heavy atom. The standard InChI is InChI=1S/C15H21FN2O/c1-2-3-6-11-17-14(19)18-15(9-10-15)12-7-4-5-8-13(12)16/h4-5,7-8H,2-3,6,9-11H2,1H3,(H2,17,18,19). The molecule has 1 aromatic carbocycles. The number of rotatable bonds is 6. The molecule has 1 saturated carbocycles. The number of halogens is 1. The molecule has 1 aliphatic carbocycles. The molecule has 0 bridgehead atoms. The van der Waals surface area contributed by atoms with Gasteiger partial charge in [-0.3, -0.25) is 0 Å². The highest BCUT2D eigenvalue weighted by Crippen LogP contribution is 2.46. The minimum atomic E-state index is -0.486. The van der Waals surface area contributed by atoms with Gasteiger partial charge in [-0.05, 0) is 25.3 Å². The number of nitrogens with one attached hydrogen (secondary N) is 2. The molecule has 1 aliphatic rings. The smallest absolute Gasteiger partial charge is 0.315 e. The Morgan fingerprint density at radius 3 is 2.68 bits per heavy atom. The van der Waals surface area contributed by atoms with Gasteiger partial charge >= 0.3 is 6.03 Å². The molecule has 2 rings (SSSR count). The van der Waals surface area contributed by atoms with Crippen LogP contribution in [0.25, 0.3) is 0 Å². The Labute approximate surface area is 113 Å². The highest BCUT2D eigenvalue weighted by Gasteiger charge is 2.47. The van der Waals surface area contributed by atoms with Gasteiger partial charge in [0.2, 0.25) is 0 Å². The summed E-state index contributed by atoms with van der Waals surface area (Å²) >= 11 is 0. The first-order valence-corrected chi connectivity index (χ1v) is 6.99. The van der Waals surface area contributed by atoms with Crippen LogP contribution in [0.5, 0.6) is 0 Å². The van der Waals surface area contributed by atoms with Crippen LogP contribution in [0.15, 0.2) is 24.3 Å². The van der Waals surface area contributed by atoms with Gasteiger partial charge in [0.15, 0.2) is 0 Å². The first-order valence-electron chi connectivity index (χ1n) is 6.99. The fraction of sp³-hybridized carbons (Fsp3) is 0.533. The number of hydrogen-bond donors (Lipinski definition) is 2. The van der Waals surface area contributed by atoms with Crippen LogP contribution < -0.4 is 10.6 Å². The highest BCUT2D eigenvalue weighted by molar-refractivity contribution is 5.75. The van der Waals surface area contributed by atoms with Crippen molar-refractivity contribution in [2.75, 3.05) is 6.54 Å². The van der Waals surface area contributed by atoms with Crippen LogP contribution in [0.3, 0.4) is 0 Å². The van der Waals surface area contributed by atoms with E-state index in [4.69, 9.17) is 0 Å². The SMILES string of the molecule is CCCCCNC(=O)NC1(c2ccccc2F)CC1. The molecule has 0 heterocycles. The monoisotopic (exact) mass is 264 g/mol. The lowest BCUT2D eigenvalue weighted by Crippen LogP contribution is -2.42. The third-order valence-electron chi connectivity index (χ3n) is 3.56. The number of benzene rings is 1. The highest BCUT2D eigenvalue weighted by atomic mass is 19.1. The molecule has 104 valence electrons. The predicted molar refractivity (Wildman–Crippen MR) is 73.4 cm³/mol. The number of unbranched alkanes of at least 4 members (excludes halogenated alkanes) is 2. The van der Waals surface area contributed by atoms with Gasteiger partial charge in [0, 0.05) is 12.1 Å². The van der Waals surface area contributed by atoms with Crippen molar-refractivity contribution in [3.63, 3.8) is 0 Å². The van der Waals surface area contributed by atoms with Crippen molar-refractivity contribution in [1.82, 2.24) is 10.6 Å². The van der Waals surface area contributed by atoms with Crippen LogP contribution in [-0.4, -0.2) is 12.6 Å². The van der Waals surface area contributed by atoms with E-state index in [0.717, 1.165) is 32.1 Å². The van der Waals surface area contributed by atoms with E-state index < -0.39 is 5.54 Å². The van der Waals surface area contributed by atoms with Gasteiger partial charge in [0.25, 0.3) is 0 Å². The van der Waals surface area contributed by atoms with Crippen molar-refractivity contribution in [2.45, 2.75) is 44.6 Å². The molecule has 2 N–H and O–H groups in total. The molecule has 0 spiro atoms. The van der Waals surface area contributed by atoms with Crippen molar-refractivity contribution < 1.29 is 9.18 Å².